The Bertz CT molecular complexity index is 1630. The summed E-state index contributed by atoms with van der Waals surface area (Å²) in [6.07, 6.45) is 3.35. The van der Waals surface area contributed by atoms with Gasteiger partial charge < -0.3 is 10.2 Å². The van der Waals surface area contributed by atoms with Gasteiger partial charge in [-0.25, -0.2) is 32.2 Å². The molecule has 0 bridgehead atoms. The van der Waals surface area contributed by atoms with Crippen LogP contribution in [0.5, 0.6) is 0 Å². The Hall–Kier alpha value is -3.42. The van der Waals surface area contributed by atoms with Crippen molar-refractivity contribution < 1.29 is 17.2 Å². The molecule has 0 amide bonds. The van der Waals surface area contributed by atoms with E-state index in [1.807, 2.05) is 13.0 Å². The third-order valence-corrected chi connectivity index (χ3v) is 8.86. The summed E-state index contributed by atoms with van der Waals surface area (Å²) in [4.78, 5) is 15.3. The molecule has 4 heterocycles. The van der Waals surface area contributed by atoms with Crippen LogP contribution in [0.4, 0.5) is 26.1 Å². The first-order valence-electron chi connectivity index (χ1n) is 12.2. The molecule has 1 saturated heterocycles. The lowest BCUT2D eigenvalue weighted by atomic mass is 9.91. The first-order valence-corrected chi connectivity index (χ1v) is 14.4. The van der Waals surface area contributed by atoms with E-state index in [0.29, 0.717) is 51.1 Å². The van der Waals surface area contributed by atoms with Gasteiger partial charge in [0.25, 0.3) is 0 Å². The van der Waals surface area contributed by atoms with Gasteiger partial charge in [-0.2, -0.15) is 9.40 Å². The van der Waals surface area contributed by atoms with Crippen LogP contribution in [0.2, 0.25) is 5.15 Å². The highest BCUT2D eigenvalue weighted by Gasteiger charge is 2.42. The van der Waals surface area contributed by atoms with Crippen molar-refractivity contribution in [1.29, 1.82) is 0 Å². The monoisotopic (exact) mass is 576 g/mol. The molecule has 4 aromatic rings. The molecule has 0 aliphatic carbocycles. The molecule has 10 nitrogen and oxygen atoms in total. The molecule has 1 aliphatic heterocycles. The molecule has 1 fully saturated rings. The maximum atomic E-state index is 13.8. The fraction of sp³-hybridized carbons (Fsp3) is 0.360. The Kier molecular flexibility index (Phi) is 7.16. The van der Waals surface area contributed by atoms with Crippen LogP contribution in [0.25, 0.3) is 22.2 Å². The number of nitrogens with one attached hydrogen (secondary N) is 2. The molecule has 1 unspecified atom stereocenters. The van der Waals surface area contributed by atoms with Crippen molar-refractivity contribution in [3.8, 4) is 11.4 Å². The van der Waals surface area contributed by atoms with E-state index in [-0.39, 0.29) is 12.1 Å². The van der Waals surface area contributed by atoms with E-state index >= 15 is 0 Å². The first-order chi connectivity index (χ1) is 18.5. The third-order valence-electron chi connectivity index (χ3n) is 7.26. The van der Waals surface area contributed by atoms with Crippen molar-refractivity contribution in [2.24, 2.45) is 0 Å². The second kappa shape index (κ2) is 10.3. The Morgan fingerprint density at radius 1 is 1.18 bits per heavy atom. The van der Waals surface area contributed by atoms with Crippen LogP contribution in [0.3, 0.4) is 0 Å². The first kappa shape index (κ1) is 27.2. The van der Waals surface area contributed by atoms with Gasteiger partial charge in [0, 0.05) is 49.0 Å². The van der Waals surface area contributed by atoms with Crippen LogP contribution < -0.4 is 10.2 Å². The molecule has 0 radical (unpaired) electrons. The van der Waals surface area contributed by atoms with Gasteiger partial charge >= 0.3 is 0 Å². The van der Waals surface area contributed by atoms with Crippen LogP contribution in [0.1, 0.15) is 25.3 Å². The van der Waals surface area contributed by atoms with E-state index in [2.05, 4.69) is 35.4 Å². The normalized spacial score (nSPS) is 18.5. The highest BCUT2D eigenvalue weighted by atomic mass is 35.5. The topological polar surface area (TPSA) is 120 Å². The number of aromatic nitrogens is 5. The van der Waals surface area contributed by atoms with Crippen molar-refractivity contribution in [2.45, 2.75) is 38.3 Å². The molecule has 3 atom stereocenters. The minimum atomic E-state index is -3.35. The Balaban J connectivity index is 1.51. The summed E-state index contributed by atoms with van der Waals surface area (Å²) >= 11 is 6.11. The number of fused-ring (bicyclic) bond motifs is 1. The fourth-order valence-corrected chi connectivity index (χ4v) is 5.70. The number of likely N-dealkylation sites (N-methyl/N-ethyl adjacent to an activating group) is 1. The molecule has 39 heavy (non-hydrogen) atoms. The van der Waals surface area contributed by atoms with Gasteiger partial charge in [-0.3, -0.25) is 5.10 Å². The number of anilines is 3. The highest BCUT2D eigenvalue weighted by molar-refractivity contribution is 7.88. The quantitative estimate of drug-likeness (QED) is 0.311. The van der Waals surface area contributed by atoms with Crippen molar-refractivity contribution in [2.75, 3.05) is 30.1 Å². The molecule has 14 heteroatoms. The molecule has 5 rings (SSSR count). The van der Waals surface area contributed by atoms with Crippen molar-refractivity contribution in [3.05, 3.63) is 53.6 Å². The average Bonchev–Trinajstić information content (AvgIpc) is 3.32. The molecule has 3 aromatic heterocycles. The maximum absolute atomic E-state index is 13.8. The molecule has 0 spiro atoms. The summed E-state index contributed by atoms with van der Waals surface area (Å²) in [5, 5.41) is 11.3. The SMILES string of the molecule is CC(c1ccc(N2C[C@H](N(C)S(C)(=O)=O)[C@H]2C)c2cnc(Nc3ccnc(-c4cn[nH]c4Cl)n3)cc12)C(F)F. The fourth-order valence-electron chi connectivity index (χ4n) is 4.79. The number of aromatic amines is 1. The zero-order valence-corrected chi connectivity index (χ0v) is 23.2. The van der Waals surface area contributed by atoms with Gasteiger partial charge in [0.05, 0.1) is 24.1 Å². The molecule has 1 aliphatic rings. The van der Waals surface area contributed by atoms with E-state index in [0.717, 1.165) is 5.69 Å². The molecule has 1 aromatic carbocycles. The summed E-state index contributed by atoms with van der Waals surface area (Å²) in [5.74, 6) is 0.196. The minimum absolute atomic E-state index is 0.113. The Morgan fingerprint density at radius 3 is 2.59 bits per heavy atom. The maximum Gasteiger partial charge on any atom is 0.245 e. The second-order valence-corrected chi connectivity index (χ2v) is 12.1. The predicted octanol–water partition coefficient (Wildman–Crippen LogP) is 4.65. The third kappa shape index (κ3) is 5.13. The number of sulfonamides is 1. The van der Waals surface area contributed by atoms with Gasteiger partial charge in [-0.05, 0) is 36.1 Å². The van der Waals surface area contributed by atoms with Gasteiger partial charge in [0.15, 0.2) is 5.82 Å². The molecule has 0 saturated carbocycles. The van der Waals surface area contributed by atoms with Crippen LogP contribution in [-0.4, -0.2) is 76.2 Å². The van der Waals surface area contributed by atoms with Crippen LogP contribution >= 0.6 is 11.6 Å². The van der Waals surface area contributed by atoms with Crippen LogP contribution in [0, 0.1) is 0 Å². The Morgan fingerprint density at radius 2 is 1.95 bits per heavy atom. The Labute approximate surface area is 229 Å². The molecular weight excluding hydrogens is 550 g/mol. The van der Waals surface area contributed by atoms with Crippen molar-refractivity contribution in [1.82, 2.24) is 29.5 Å². The van der Waals surface area contributed by atoms with Crippen molar-refractivity contribution in [3.63, 3.8) is 0 Å². The van der Waals surface area contributed by atoms with E-state index < -0.39 is 22.4 Å². The number of benzene rings is 1. The van der Waals surface area contributed by atoms with E-state index in [9.17, 15) is 17.2 Å². The van der Waals surface area contributed by atoms with Gasteiger partial charge in [-0.15, -0.1) is 0 Å². The number of pyridine rings is 1. The number of H-pyrrole nitrogens is 1. The summed E-state index contributed by atoms with van der Waals surface area (Å²) in [6, 6.07) is 6.59. The highest BCUT2D eigenvalue weighted by Crippen LogP contribution is 2.40. The smallest absolute Gasteiger partial charge is 0.245 e. The van der Waals surface area contributed by atoms with E-state index in [4.69, 9.17) is 11.6 Å². The number of rotatable bonds is 8. The molecule has 206 valence electrons. The lowest BCUT2D eigenvalue weighted by Gasteiger charge is -2.51. The van der Waals surface area contributed by atoms with Crippen LogP contribution in [-0.2, 0) is 10.0 Å². The second-order valence-electron chi connectivity index (χ2n) is 9.64. The van der Waals surface area contributed by atoms with E-state index in [1.54, 1.807) is 37.6 Å². The molecule has 2 N–H and O–H groups in total. The molecular formula is C25H27ClF2N8O2S. The standard InChI is InChI=1S/C25H27ClF2N8O2S/c1-13(24(27)28)15-5-6-19(36-12-20(14(36)2)35(3)39(4,37)38)17-10-30-22(9-16(15)17)32-21-7-8-29-25(33-21)18-11-31-34-23(18)26/h5-11,13-14,20,24H,12H2,1-4H3,(H,31,34)(H,29,30,32,33)/t13?,14-,20+/m1/s1. The number of hydrogen-bond donors (Lipinski definition) is 2. The zero-order valence-electron chi connectivity index (χ0n) is 21.6. The number of nitrogens with zero attached hydrogens (tertiary/aromatic N) is 6. The summed E-state index contributed by atoms with van der Waals surface area (Å²) in [6.45, 7) is 3.91. The largest absolute Gasteiger partial charge is 0.365 e. The summed E-state index contributed by atoms with van der Waals surface area (Å²) in [7, 11) is -1.78. The minimum Gasteiger partial charge on any atom is -0.365 e. The van der Waals surface area contributed by atoms with Gasteiger partial charge in [0.1, 0.15) is 16.8 Å². The number of hydrogen-bond acceptors (Lipinski definition) is 8. The number of alkyl halides is 2. The van der Waals surface area contributed by atoms with Gasteiger partial charge in [0.2, 0.25) is 16.4 Å². The predicted molar refractivity (Wildman–Crippen MR) is 147 cm³/mol. The van der Waals surface area contributed by atoms with Gasteiger partial charge in [-0.1, -0.05) is 24.6 Å². The average molecular weight is 577 g/mol. The lowest BCUT2D eigenvalue weighted by molar-refractivity contribution is 0.121. The summed E-state index contributed by atoms with van der Waals surface area (Å²) < 4.78 is 53.1. The summed E-state index contributed by atoms with van der Waals surface area (Å²) in [5.41, 5.74) is 1.83. The van der Waals surface area contributed by atoms with Crippen LogP contribution in [0.15, 0.2) is 42.9 Å². The zero-order chi connectivity index (χ0) is 28.1. The number of halogens is 3. The lowest BCUT2D eigenvalue weighted by Crippen LogP contribution is -2.65. The van der Waals surface area contributed by atoms with Crippen molar-refractivity contribution >= 4 is 49.7 Å². The van der Waals surface area contributed by atoms with E-state index in [1.165, 1.54) is 23.7 Å².